The van der Waals surface area contributed by atoms with Gasteiger partial charge in [0.2, 0.25) is 0 Å². The first-order valence-electron chi connectivity index (χ1n) is 7.98. The minimum atomic E-state index is -1.37. The molecule has 0 spiro atoms. The van der Waals surface area contributed by atoms with E-state index in [4.69, 9.17) is 11.2 Å². The van der Waals surface area contributed by atoms with Crippen LogP contribution in [0.5, 0.6) is 5.75 Å². The zero-order chi connectivity index (χ0) is 18.2. The lowest BCUT2D eigenvalue weighted by atomic mass is 9.93. The zero-order valence-corrected chi connectivity index (χ0v) is 13.8. The lowest BCUT2D eigenvalue weighted by Gasteiger charge is -2.37. The second kappa shape index (κ2) is 6.13. The largest absolute Gasteiger partial charge is 0.482 e. The van der Waals surface area contributed by atoms with Crippen LogP contribution in [0.4, 0.5) is 11.4 Å². The molecular weight excluding hydrogens is 324 g/mol. The highest BCUT2D eigenvalue weighted by Crippen LogP contribution is 2.42. The number of hydrogen-bond acceptors (Lipinski definition) is 4. The Morgan fingerprint density at radius 2 is 2.04 bits per heavy atom. The van der Waals surface area contributed by atoms with Gasteiger partial charge in [0.15, 0.2) is 6.61 Å². The Hall–Kier alpha value is -3.01. The summed E-state index contributed by atoms with van der Waals surface area (Å²) >= 11 is 0. The van der Waals surface area contributed by atoms with Crippen LogP contribution in [0.2, 0.25) is 0 Å². The number of benzene rings is 1. The SMILES string of the molecule is C#CC(=O)N(c1ccc2c(c1)N(C)C(=O)CO2)C1(C(=O)O)CCCC1. The van der Waals surface area contributed by atoms with E-state index in [1.165, 1.54) is 9.80 Å². The van der Waals surface area contributed by atoms with Crippen LogP contribution in [0.1, 0.15) is 25.7 Å². The molecule has 0 unspecified atom stereocenters. The van der Waals surface area contributed by atoms with Crippen LogP contribution in [0.15, 0.2) is 18.2 Å². The molecule has 1 aliphatic carbocycles. The Labute approximate surface area is 145 Å². The molecule has 2 amide bonds. The number of anilines is 2. The monoisotopic (exact) mass is 342 g/mol. The molecule has 1 aromatic rings. The molecule has 25 heavy (non-hydrogen) atoms. The van der Waals surface area contributed by atoms with Gasteiger partial charge in [-0.1, -0.05) is 12.8 Å². The summed E-state index contributed by atoms with van der Waals surface area (Å²) < 4.78 is 5.37. The van der Waals surface area contributed by atoms with E-state index in [1.54, 1.807) is 25.2 Å². The summed E-state index contributed by atoms with van der Waals surface area (Å²) in [5.41, 5.74) is -0.547. The highest BCUT2D eigenvalue weighted by molar-refractivity contribution is 6.11. The summed E-state index contributed by atoms with van der Waals surface area (Å²) in [7, 11) is 1.60. The molecule has 130 valence electrons. The maximum atomic E-state index is 12.4. The van der Waals surface area contributed by atoms with Crippen LogP contribution in [0, 0.1) is 12.3 Å². The lowest BCUT2D eigenvalue weighted by Crippen LogP contribution is -2.55. The van der Waals surface area contributed by atoms with E-state index in [2.05, 4.69) is 0 Å². The molecule has 0 atom stereocenters. The molecule has 7 nitrogen and oxygen atoms in total. The van der Waals surface area contributed by atoms with Crippen molar-refractivity contribution < 1.29 is 24.2 Å². The van der Waals surface area contributed by atoms with Crippen molar-refractivity contribution in [2.24, 2.45) is 0 Å². The fourth-order valence-corrected chi connectivity index (χ4v) is 3.52. The molecule has 1 aliphatic heterocycles. The molecule has 2 aliphatic rings. The smallest absolute Gasteiger partial charge is 0.330 e. The molecule has 1 N–H and O–H groups in total. The number of fused-ring (bicyclic) bond motifs is 1. The Bertz CT molecular complexity index is 789. The fourth-order valence-electron chi connectivity index (χ4n) is 3.52. The average molecular weight is 342 g/mol. The highest BCUT2D eigenvalue weighted by Gasteiger charge is 2.49. The molecular formula is C18H18N2O5. The van der Waals surface area contributed by atoms with Gasteiger partial charge >= 0.3 is 11.9 Å². The third kappa shape index (κ3) is 2.60. The van der Waals surface area contributed by atoms with Crippen molar-refractivity contribution >= 4 is 29.2 Å². The minimum absolute atomic E-state index is 0.0606. The van der Waals surface area contributed by atoms with Crippen molar-refractivity contribution in [3.05, 3.63) is 18.2 Å². The number of aliphatic carboxylic acids is 1. The molecule has 1 aromatic carbocycles. The third-order valence-corrected chi connectivity index (χ3v) is 4.87. The summed E-state index contributed by atoms with van der Waals surface area (Å²) in [6.45, 7) is -0.0606. The van der Waals surface area contributed by atoms with Gasteiger partial charge in [-0.2, -0.15) is 0 Å². The molecule has 7 heteroatoms. The summed E-state index contributed by atoms with van der Waals surface area (Å²) in [5, 5.41) is 9.82. The van der Waals surface area contributed by atoms with Crippen molar-refractivity contribution in [3.63, 3.8) is 0 Å². The van der Waals surface area contributed by atoms with Crippen LogP contribution >= 0.6 is 0 Å². The first kappa shape index (κ1) is 16.8. The normalized spacial score (nSPS) is 18.1. The van der Waals surface area contributed by atoms with Crippen molar-refractivity contribution in [1.82, 2.24) is 0 Å². The number of rotatable bonds is 3. The standard InChI is InChI=1S/C18H18N2O5/c1-3-15(21)20(18(17(23)24)8-4-5-9-18)12-6-7-14-13(10-12)19(2)16(22)11-25-14/h1,6-7,10H,4-5,8-9,11H2,2H3,(H,23,24). The molecule has 3 rings (SSSR count). The van der Waals surface area contributed by atoms with Crippen molar-refractivity contribution in [2.75, 3.05) is 23.5 Å². The Kier molecular flexibility index (Phi) is 4.13. The van der Waals surface area contributed by atoms with Crippen LogP contribution in [0.25, 0.3) is 0 Å². The van der Waals surface area contributed by atoms with Crippen LogP contribution in [-0.4, -0.2) is 42.1 Å². The number of carbonyl (C=O) groups is 3. The average Bonchev–Trinajstić information content (AvgIpc) is 3.09. The summed E-state index contributed by atoms with van der Waals surface area (Å²) in [6.07, 6.45) is 7.37. The van der Waals surface area contributed by atoms with Gasteiger partial charge in [0.1, 0.15) is 11.3 Å². The second-order valence-corrected chi connectivity index (χ2v) is 6.22. The predicted molar refractivity (Wildman–Crippen MR) is 90.5 cm³/mol. The van der Waals surface area contributed by atoms with Gasteiger partial charge in [0.05, 0.1) is 5.69 Å². The van der Waals surface area contributed by atoms with Crippen LogP contribution < -0.4 is 14.5 Å². The van der Waals surface area contributed by atoms with E-state index >= 15 is 0 Å². The summed E-state index contributed by atoms with van der Waals surface area (Å²) in [6, 6.07) is 4.79. The number of ether oxygens (including phenoxy) is 1. The van der Waals surface area contributed by atoms with Crippen molar-refractivity contribution in [3.8, 4) is 18.1 Å². The second-order valence-electron chi connectivity index (χ2n) is 6.22. The molecule has 0 aromatic heterocycles. The molecule has 0 radical (unpaired) electrons. The Balaban J connectivity index is 2.13. The number of hydrogen-bond donors (Lipinski definition) is 1. The van der Waals surface area contributed by atoms with Gasteiger partial charge in [0, 0.05) is 12.7 Å². The van der Waals surface area contributed by atoms with E-state index < -0.39 is 17.4 Å². The van der Waals surface area contributed by atoms with Gasteiger partial charge in [-0.25, -0.2) is 4.79 Å². The predicted octanol–water partition coefficient (Wildman–Crippen LogP) is 1.41. The highest BCUT2D eigenvalue weighted by atomic mass is 16.5. The molecule has 1 saturated carbocycles. The van der Waals surface area contributed by atoms with Gasteiger partial charge in [-0.05, 0) is 37.0 Å². The van der Waals surface area contributed by atoms with Crippen molar-refractivity contribution in [2.45, 2.75) is 31.2 Å². The van der Waals surface area contributed by atoms with Crippen molar-refractivity contribution in [1.29, 1.82) is 0 Å². The maximum absolute atomic E-state index is 12.4. The van der Waals surface area contributed by atoms with Gasteiger partial charge in [-0.15, -0.1) is 6.42 Å². The molecule has 1 heterocycles. The fraction of sp³-hybridized carbons (Fsp3) is 0.389. The number of amides is 2. The summed E-state index contributed by atoms with van der Waals surface area (Å²) in [4.78, 5) is 38.9. The molecule has 0 bridgehead atoms. The number of nitrogens with zero attached hydrogens (tertiary/aromatic N) is 2. The molecule has 0 saturated heterocycles. The third-order valence-electron chi connectivity index (χ3n) is 4.87. The van der Waals surface area contributed by atoms with E-state index in [1.807, 2.05) is 5.92 Å². The van der Waals surface area contributed by atoms with E-state index in [0.717, 1.165) is 0 Å². The number of carboxylic acids is 1. The zero-order valence-electron chi connectivity index (χ0n) is 13.8. The van der Waals surface area contributed by atoms with E-state index in [-0.39, 0.29) is 12.5 Å². The van der Waals surface area contributed by atoms with Crippen LogP contribution in [0.3, 0.4) is 0 Å². The Morgan fingerprint density at radius 1 is 1.36 bits per heavy atom. The lowest BCUT2D eigenvalue weighted by molar-refractivity contribution is -0.144. The van der Waals surface area contributed by atoms with E-state index in [0.29, 0.717) is 42.8 Å². The van der Waals surface area contributed by atoms with Gasteiger partial charge in [-0.3, -0.25) is 14.5 Å². The number of terminal acetylenes is 1. The number of likely N-dealkylation sites (N-methyl/N-ethyl adjacent to an activating group) is 1. The van der Waals surface area contributed by atoms with Gasteiger partial charge in [0.25, 0.3) is 5.91 Å². The first-order valence-corrected chi connectivity index (χ1v) is 7.98. The number of carbonyl (C=O) groups excluding carboxylic acids is 2. The van der Waals surface area contributed by atoms with Crippen LogP contribution in [-0.2, 0) is 14.4 Å². The quantitative estimate of drug-likeness (QED) is 0.839. The Morgan fingerprint density at radius 3 is 2.64 bits per heavy atom. The first-order chi connectivity index (χ1) is 11.9. The van der Waals surface area contributed by atoms with E-state index in [9.17, 15) is 19.5 Å². The maximum Gasteiger partial charge on any atom is 0.330 e. The topological polar surface area (TPSA) is 87.2 Å². The number of carboxylic acid groups (broad SMARTS) is 1. The van der Waals surface area contributed by atoms with Gasteiger partial charge < -0.3 is 14.7 Å². The molecule has 1 fully saturated rings. The summed E-state index contributed by atoms with van der Waals surface area (Å²) in [5.74, 6) is 0.509. The minimum Gasteiger partial charge on any atom is -0.482 e.